The Labute approximate surface area is 89.7 Å². The van der Waals surface area contributed by atoms with E-state index in [2.05, 4.69) is 17.2 Å². The highest BCUT2D eigenvalue weighted by Gasteiger charge is 2.33. The Balaban J connectivity index is 2.21. The van der Waals surface area contributed by atoms with Crippen molar-refractivity contribution in [1.82, 2.24) is 10.3 Å². The molecular weight excluding hydrogens is 196 g/mol. The molecule has 76 valence electrons. The van der Waals surface area contributed by atoms with Crippen molar-refractivity contribution in [2.24, 2.45) is 5.92 Å². The number of nitrogens with zero attached hydrogens (tertiary/aromatic N) is 1. The molecule has 0 bridgehead atoms. The third-order valence-electron chi connectivity index (χ3n) is 2.60. The summed E-state index contributed by atoms with van der Waals surface area (Å²) in [5.74, 6) is 0.738. The topological polar surface area (TPSA) is 24.9 Å². The highest BCUT2D eigenvalue weighted by atomic mass is 35.5. The number of aromatic nitrogens is 1. The van der Waals surface area contributed by atoms with Gasteiger partial charge >= 0.3 is 0 Å². The first-order chi connectivity index (χ1) is 6.83. The second-order valence-electron chi connectivity index (χ2n) is 3.74. The van der Waals surface area contributed by atoms with Crippen LogP contribution in [0.3, 0.4) is 0 Å². The molecule has 1 aliphatic rings. The van der Waals surface area contributed by atoms with Crippen molar-refractivity contribution in [3.05, 3.63) is 29.0 Å². The van der Waals surface area contributed by atoms with E-state index in [1.54, 1.807) is 0 Å². The minimum Gasteiger partial charge on any atom is -0.309 e. The molecule has 0 spiro atoms. The molecule has 1 aromatic heterocycles. The van der Waals surface area contributed by atoms with Crippen LogP contribution in [-0.2, 0) is 0 Å². The van der Waals surface area contributed by atoms with Crippen LogP contribution in [0.15, 0.2) is 18.3 Å². The predicted octanol–water partition coefficient (Wildman–Crippen LogP) is 2.80. The summed E-state index contributed by atoms with van der Waals surface area (Å²) in [4.78, 5) is 4.36. The Kier molecular flexibility index (Phi) is 3.04. The van der Waals surface area contributed by atoms with Gasteiger partial charge in [-0.3, -0.25) is 4.98 Å². The molecule has 0 saturated heterocycles. The van der Waals surface area contributed by atoms with Crippen molar-refractivity contribution < 1.29 is 0 Å². The highest BCUT2D eigenvalue weighted by Crippen LogP contribution is 2.41. The van der Waals surface area contributed by atoms with Gasteiger partial charge in [-0.15, -0.1) is 0 Å². The molecule has 0 radical (unpaired) electrons. The smallest absolute Gasteiger partial charge is 0.0761 e. The molecule has 1 saturated carbocycles. The van der Waals surface area contributed by atoms with Gasteiger partial charge in [-0.25, -0.2) is 0 Å². The third-order valence-corrected chi connectivity index (χ3v) is 2.92. The Bertz CT molecular complexity index is 310. The van der Waals surface area contributed by atoms with Crippen LogP contribution in [0.4, 0.5) is 0 Å². The van der Waals surface area contributed by atoms with Crippen LogP contribution in [0.5, 0.6) is 0 Å². The van der Waals surface area contributed by atoms with Gasteiger partial charge in [-0.05, 0) is 37.4 Å². The average Bonchev–Trinajstić information content (AvgIpc) is 2.99. The zero-order chi connectivity index (χ0) is 9.97. The summed E-state index contributed by atoms with van der Waals surface area (Å²) in [5, 5.41) is 4.24. The van der Waals surface area contributed by atoms with E-state index in [0.717, 1.165) is 23.2 Å². The summed E-state index contributed by atoms with van der Waals surface area (Å²) in [6.45, 7) is 3.08. The predicted molar refractivity (Wildman–Crippen MR) is 58.4 cm³/mol. The first-order valence-corrected chi connectivity index (χ1v) is 5.54. The molecule has 1 aliphatic carbocycles. The molecule has 1 unspecified atom stereocenters. The van der Waals surface area contributed by atoms with Crippen molar-refractivity contribution >= 4 is 11.6 Å². The minimum atomic E-state index is 0.355. The minimum absolute atomic E-state index is 0.355. The van der Waals surface area contributed by atoms with Gasteiger partial charge in [0.1, 0.15) is 0 Å². The fraction of sp³-hybridized carbons (Fsp3) is 0.545. The summed E-state index contributed by atoms with van der Waals surface area (Å²) in [6, 6.07) is 4.15. The lowest BCUT2D eigenvalue weighted by molar-refractivity contribution is 0.485. The molecule has 1 aromatic rings. The molecule has 1 atom stereocenters. The van der Waals surface area contributed by atoms with E-state index in [0.29, 0.717) is 6.04 Å². The largest absolute Gasteiger partial charge is 0.309 e. The molecule has 14 heavy (non-hydrogen) atoms. The molecule has 1 fully saturated rings. The van der Waals surface area contributed by atoms with Crippen LogP contribution in [-0.4, -0.2) is 11.5 Å². The maximum absolute atomic E-state index is 6.12. The van der Waals surface area contributed by atoms with E-state index in [-0.39, 0.29) is 0 Å². The second kappa shape index (κ2) is 4.28. The SMILES string of the molecule is CCNC(c1ncccc1Cl)C1CC1. The van der Waals surface area contributed by atoms with Gasteiger partial charge in [0.2, 0.25) is 0 Å². The fourth-order valence-corrected chi connectivity index (χ4v) is 2.00. The van der Waals surface area contributed by atoms with Crippen LogP contribution in [0.1, 0.15) is 31.5 Å². The van der Waals surface area contributed by atoms with E-state index in [4.69, 9.17) is 11.6 Å². The van der Waals surface area contributed by atoms with Gasteiger partial charge in [0.05, 0.1) is 16.8 Å². The van der Waals surface area contributed by atoms with Crippen LogP contribution < -0.4 is 5.32 Å². The van der Waals surface area contributed by atoms with Crippen LogP contribution in [0, 0.1) is 5.92 Å². The Morgan fingerprint density at radius 3 is 3.00 bits per heavy atom. The number of nitrogens with one attached hydrogen (secondary N) is 1. The first-order valence-electron chi connectivity index (χ1n) is 5.16. The summed E-state index contributed by atoms with van der Waals surface area (Å²) in [6.07, 6.45) is 4.41. The van der Waals surface area contributed by atoms with Gasteiger partial charge in [0, 0.05) is 6.20 Å². The van der Waals surface area contributed by atoms with Crippen LogP contribution in [0.2, 0.25) is 5.02 Å². The van der Waals surface area contributed by atoms with Gasteiger partial charge in [0.15, 0.2) is 0 Å². The van der Waals surface area contributed by atoms with Crippen molar-refractivity contribution in [2.75, 3.05) is 6.54 Å². The number of hydrogen-bond donors (Lipinski definition) is 1. The molecule has 1 heterocycles. The molecule has 2 rings (SSSR count). The molecule has 1 N–H and O–H groups in total. The van der Waals surface area contributed by atoms with Crippen molar-refractivity contribution in [3.8, 4) is 0 Å². The highest BCUT2D eigenvalue weighted by molar-refractivity contribution is 6.31. The molecule has 2 nitrogen and oxygen atoms in total. The van der Waals surface area contributed by atoms with Crippen LogP contribution >= 0.6 is 11.6 Å². The van der Waals surface area contributed by atoms with Gasteiger partial charge in [-0.1, -0.05) is 18.5 Å². The maximum atomic E-state index is 6.12. The monoisotopic (exact) mass is 210 g/mol. The Morgan fingerprint density at radius 2 is 2.43 bits per heavy atom. The Hall–Kier alpha value is -0.600. The van der Waals surface area contributed by atoms with Gasteiger partial charge in [-0.2, -0.15) is 0 Å². The second-order valence-corrected chi connectivity index (χ2v) is 4.15. The number of halogens is 1. The number of rotatable bonds is 4. The van der Waals surface area contributed by atoms with E-state index in [1.165, 1.54) is 12.8 Å². The summed E-state index contributed by atoms with van der Waals surface area (Å²) in [7, 11) is 0. The third kappa shape index (κ3) is 2.07. The fourth-order valence-electron chi connectivity index (χ4n) is 1.76. The Morgan fingerprint density at radius 1 is 1.64 bits per heavy atom. The lowest BCUT2D eigenvalue weighted by Crippen LogP contribution is -2.23. The molecule has 0 aromatic carbocycles. The maximum Gasteiger partial charge on any atom is 0.0761 e. The first kappa shape index (κ1) is 9.94. The average molecular weight is 211 g/mol. The zero-order valence-electron chi connectivity index (χ0n) is 8.33. The normalized spacial score (nSPS) is 18.1. The molecule has 0 aliphatic heterocycles. The van der Waals surface area contributed by atoms with Crippen molar-refractivity contribution in [3.63, 3.8) is 0 Å². The van der Waals surface area contributed by atoms with E-state index >= 15 is 0 Å². The summed E-state index contributed by atoms with van der Waals surface area (Å²) < 4.78 is 0. The zero-order valence-corrected chi connectivity index (χ0v) is 9.09. The van der Waals surface area contributed by atoms with E-state index in [1.807, 2.05) is 18.3 Å². The standard InChI is InChI=1S/C11H15ClN2/c1-2-13-10(8-5-6-8)11-9(12)4-3-7-14-11/h3-4,7-8,10,13H,2,5-6H2,1H3. The molecular formula is C11H15ClN2. The molecule has 3 heteroatoms. The van der Waals surface area contributed by atoms with Crippen molar-refractivity contribution in [1.29, 1.82) is 0 Å². The summed E-state index contributed by atoms with van der Waals surface area (Å²) >= 11 is 6.12. The van der Waals surface area contributed by atoms with Gasteiger partial charge in [0.25, 0.3) is 0 Å². The number of pyridine rings is 1. The lowest BCUT2D eigenvalue weighted by atomic mass is 10.1. The van der Waals surface area contributed by atoms with E-state index in [9.17, 15) is 0 Å². The lowest BCUT2D eigenvalue weighted by Gasteiger charge is -2.17. The van der Waals surface area contributed by atoms with Crippen LogP contribution in [0.25, 0.3) is 0 Å². The van der Waals surface area contributed by atoms with Gasteiger partial charge < -0.3 is 5.32 Å². The number of hydrogen-bond acceptors (Lipinski definition) is 2. The van der Waals surface area contributed by atoms with E-state index < -0.39 is 0 Å². The summed E-state index contributed by atoms with van der Waals surface area (Å²) in [5.41, 5.74) is 1.01. The molecule has 0 amide bonds. The quantitative estimate of drug-likeness (QED) is 0.827. The van der Waals surface area contributed by atoms with Crippen molar-refractivity contribution in [2.45, 2.75) is 25.8 Å².